The minimum atomic E-state index is -0.169. The molecule has 0 unspecified atom stereocenters. The Balaban J connectivity index is 2.11. The second-order valence-corrected chi connectivity index (χ2v) is 5.27. The van der Waals surface area contributed by atoms with E-state index in [0.29, 0.717) is 31.1 Å². The Morgan fingerprint density at radius 1 is 1.25 bits per heavy atom. The zero-order chi connectivity index (χ0) is 17.4. The first-order valence-electron chi connectivity index (χ1n) is 7.97. The van der Waals surface area contributed by atoms with Crippen molar-refractivity contribution in [1.29, 1.82) is 0 Å². The lowest BCUT2D eigenvalue weighted by Crippen LogP contribution is -2.30. The van der Waals surface area contributed by atoms with Gasteiger partial charge in [0, 0.05) is 19.9 Å². The Morgan fingerprint density at radius 2 is 2.04 bits per heavy atom. The number of benzene rings is 1. The number of hydrogen-bond acceptors (Lipinski definition) is 5. The number of rotatable bonds is 8. The normalized spacial score (nSPS) is 11.8. The Bertz CT molecular complexity index is 649. The Hall–Kier alpha value is -2.47. The first kappa shape index (κ1) is 17.9. The molecule has 24 heavy (non-hydrogen) atoms. The molecule has 6 nitrogen and oxygen atoms in total. The number of carbonyl (C=O) groups excluding carboxylic acids is 1. The monoisotopic (exact) mass is 329 g/mol. The zero-order valence-electron chi connectivity index (χ0n) is 14.3. The topological polar surface area (TPSA) is 64.6 Å². The largest absolute Gasteiger partial charge is 0.490 e. The van der Waals surface area contributed by atoms with E-state index in [1.807, 2.05) is 26.0 Å². The van der Waals surface area contributed by atoms with Crippen LogP contribution in [0.5, 0.6) is 5.75 Å². The highest BCUT2D eigenvalue weighted by Gasteiger charge is 2.22. The third kappa shape index (κ3) is 4.52. The number of ether oxygens (including phenoxy) is 2. The van der Waals surface area contributed by atoms with Gasteiger partial charge in [-0.3, -0.25) is 4.79 Å². The maximum Gasteiger partial charge on any atom is 0.257 e. The molecule has 0 aliphatic carbocycles. The average Bonchev–Trinajstić information content (AvgIpc) is 2.64. The molecule has 2 aromatic rings. The molecule has 1 aromatic heterocycles. The van der Waals surface area contributed by atoms with Gasteiger partial charge in [-0.1, -0.05) is 12.1 Å². The van der Waals surface area contributed by atoms with E-state index in [1.165, 1.54) is 6.33 Å². The molecule has 6 heteroatoms. The van der Waals surface area contributed by atoms with E-state index in [1.54, 1.807) is 36.3 Å². The molecular weight excluding hydrogens is 306 g/mol. The fourth-order valence-corrected chi connectivity index (χ4v) is 2.24. The van der Waals surface area contributed by atoms with Crippen molar-refractivity contribution >= 4 is 5.91 Å². The van der Waals surface area contributed by atoms with Crippen molar-refractivity contribution in [3.05, 3.63) is 54.1 Å². The molecule has 0 bridgehead atoms. The van der Waals surface area contributed by atoms with Crippen LogP contribution in [0.15, 0.2) is 42.9 Å². The molecule has 128 valence electrons. The molecule has 0 aliphatic heterocycles. The molecule has 0 saturated heterocycles. The van der Waals surface area contributed by atoms with Gasteiger partial charge in [-0.2, -0.15) is 0 Å². The van der Waals surface area contributed by atoms with Crippen LogP contribution in [0.25, 0.3) is 0 Å². The summed E-state index contributed by atoms with van der Waals surface area (Å²) >= 11 is 0. The highest BCUT2D eigenvalue weighted by molar-refractivity contribution is 5.97. The summed E-state index contributed by atoms with van der Waals surface area (Å²) in [7, 11) is 1.76. The van der Waals surface area contributed by atoms with E-state index in [9.17, 15) is 4.79 Å². The van der Waals surface area contributed by atoms with E-state index in [-0.39, 0.29) is 11.9 Å². The van der Waals surface area contributed by atoms with Gasteiger partial charge in [0.15, 0.2) is 0 Å². The summed E-state index contributed by atoms with van der Waals surface area (Å²) in [6.45, 7) is 5.40. The van der Waals surface area contributed by atoms with Crippen LogP contribution in [0, 0.1) is 0 Å². The first-order chi connectivity index (χ1) is 11.6. The molecule has 1 atom stereocenters. The minimum absolute atomic E-state index is 0.117. The average molecular weight is 329 g/mol. The van der Waals surface area contributed by atoms with Gasteiger partial charge in [0.25, 0.3) is 5.91 Å². The standard InChI is InChI=1S/C18H23N3O3/c1-4-23-11-12-24-17-8-6-5-7-15(17)18(22)21(3)14(2)16-9-10-19-13-20-16/h5-10,13-14H,4,11-12H2,1-3H3/t14-/m1/s1. The van der Waals surface area contributed by atoms with Gasteiger partial charge in [-0.25, -0.2) is 9.97 Å². The van der Waals surface area contributed by atoms with E-state index in [2.05, 4.69) is 9.97 Å². The number of aromatic nitrogens is 2. The molecular formula is C18H23N3O3. The van der Waals surface area contributed by atoms with Crippen molar-refractivity contribution in [2.45, 2.75) is 19.9 Å². The zero-order valence-corrected chi connectivity index (χ0v) is 14.3. The van der Waals surface area contributed by atoms with E-state index in [4.69, 9.17) is 9.47 Å². The van der Waals surface area contributed by atoms with Gasteiger partial charge in [0.05, 0.1) is 23.9 Å². The first-order valence-corrected chi connectivity index (χ1v) is 7.97. The second kappa shape index (κ2) is 8.98. The van der Waals surface area contributed by atoms with Crippen molar-refractivity contribution < 1.29 is 14.3 Å². The van der Waals surface area contributed by atoms with Gasteiger partial charge < -0.3 is 14.4 Å². The second-order valence-electron chi connectivity index (χ2n) is 5.27. The van der Waals surface area contributed by atoms with E-state index >= 15 is 0 Å². The molecule has 0 N–H and O–H groups in total. The van der Waals surface area contributed by atoms with Crippen LogP contribution in [0.1, 0.15) is 35.9 Å². The molecule has 0 aliphatic rings. The Kier molecular flexibility index (Phi) is 6.69. The molecule has 1 aromatic carbocycles. The third-order valence-corrected chi connectivity index (χ3v) is 3.74. The lowest BCUT2D eigenvalue weighted by Gasteiger charge is -2.25. The number of hydrogen-bond donors (Lipinski definition) is 0. The summed E-state index contributed by atoms with van der Waals surface area (Å²) in [5.41, 5.74) is 1.31. The summed E-state index contributed by atoms with van der Waals surface area (Å²) in [5, 5.41) is 0. The number of carbonyl (C=O) groups is 1. The molecule has 0 saturated carbocycles. The smallest absolute Gasteiger partial charge is 0.257 e. The lowest BCUT2D eigenvalue weighted by molar-refractivity contribution is 0.0729. The lowest BCUT2D eigenvalue weighted by atomic mass is 10.1. The van der Waals surface area contributed by atoms with Gasteiger partial charge in [0.2, 0.25) is 0 Å². The molecule has 0 fully saturated rings. The summed E-state index contributed by atoms with van der Waals surface area (Å²) in [5.74, 6) is 0.442. The number of amides is 1. The Labute approximate surface area is 142 Å². The minimum Gasteiger partial charge on any atom is -0.490 e. The van der Waals surface area contributed by atoms with Crippen LogP contribution in [-0.4, -0.2) is 47.6 Å². The summed E-state index contributed by atoms with van der Waals surface area (Å²) < 4.78 is 11.0. The maximum absolute atomic E-state index is 12.8. The predicted octanol–water partition coefficient (Wildman–Crippen LogP) is 2.73. The van der Waals surface area contributed by atoms with Crippen LogP contribution in [0.4, 0.5) is 0 Å². The van der Waals surface area contributed by atoms with Crippen molar-refractivity contribution in [2.75, 3.05) is 26.9 Å². The van der Waals surface area contributed by atoms with Gasteiger partial charge in [0.1, 0.15) is 18.7 Å². The third-order valence-electron chi connectivity index (χ3n) is 3.74. The SMILES string of the molecule is CCOCCOc1ccccc1C(=O)N(C)[C@H](C)c1ccncn1. The summed E-state index contributed by atoms with van der Waals surface area (Å²) in [6, 6.07) is 8.87. The van der Waals surface area contributed by atoms with E-state index < -0.39 is 0 Å². The van der Waals surface area contributed by atoms with Crippen molar-refractivity contribution in [3.8, 4) is 5.75 Å². The molecule has 1 amide bonds. The van der Waals surface area contributed by atoms with Crippen molar-refractivity contribution in [2.24, 2.45) is 0 Å². The van der Waals surface area contributed by atoms with Crippen molar-refractivity contribution in [3.63, 3.8) is 0 Å². The van der Waals surface area contributed by atoms with E-state index in [0.717, 1.165) is 5.69 Å². The fourth-order valence-electron chi connectivity index (χ4n) is 2.24. The number of para-hydroxylation sites is 1. The van der Waals surface area contributed by atoms with Crippen LogP contribution in [-0.2, 0) is 4.74 Å². The highest BCUT2D eigenvalue weighted by Crippen LogP contribution is 2.24. The summed E-state index contributed by atoms with van der Waals surface area (Å²) in [4.78, 5) is 22.6. The molecule has 0 radical (unpaired) electrons. The maximum atomic E-state index is 12.8. The van der Waals surface area contributed by atoms with Gasteiger partial charge in [-0.15, -0.1) is 0 Å². The van der Waals surface area contributed by atoms with Crippen LogP contribution in [0.2, 0.25) is 0 Å². The fraction of sp³-hybridized carbons (Fsp3) is 0.389. The van der Waals surface area contributed by atoms with Gasteiger partial charge in [-0.05, 0) is 32.0 Å². The molecule has 0 spiro atoms. The van der Waals surface area contributed by atoms with Crippen LogP contribution in [0.3, 0.4) is 0 Å². The van der Waals surface area contributed by atoms with Gasteiger partial charge >= 0.3 is 0 Å². The molecule has 1 heterocycles. The molecule has 2 rings (SSSR count). The highest BCUT2D eigenvalue weighted by atomic mass is 16.5. The van der Waals surface area contributed by atoms with Crippen LogP contribution < -0.4 is 4.74 Å². The van der Waals surface area contributed by atoms with Crippen LogP contribution >= 0.6 is 0 Å². The Morgan fingerprint density at radius 3 is 2.75 bits per heavy atom. The number of nitrogens with zero attached hydrogens (tertiary/aromatic N) is 3. The quantitative estimate of drug-likeness (QED) is 0.697. The van der Waals surface area contributed by atoms with Crippen molar-refractivity contribution in [1.82, 2.24) is 14.9 Å². The predicted molar refractivity (Wildman–Crippen MR) is 91.0 cm³/mol. The summed E-state index contributed by atoms with van der Waals surface area (Å²) in [6.07, 6.45) is 3.15.